The molecule has 1 aromatic carbocycles. The van der Waals surface area contributed by atoms with Gasteiger partial charge in [0, 0.05) is 29.4 Å². The summed E-state index contributed by atoms with van der Waals surface area (Å²) in [6, 6.07) is 8.69. The fourth-order valence-corrected chi connectivity index (χ4v) is 5.46. The number of Topliss-reactive ketones (excluding diaryl/α,β-unsaturated/α-hetero) is 1. The van der Waals surface area contributed by atoms with Gasteiger partial charge in [-0.2, -0.15) is 0 Å². The van der Waals surface area contributed by atoms with Crippen LogP contribution in [0.4, 0.5) is 0 Å². The van der Waals surface area contributed by atoms with Crippen molar-refractivity contribution in [3.05, 3.63) is 52.6 Å². The number of hydrogen-bond acceptors (Lipinski definition) is 2. The van der Waals surface area contributed by atoms with Gasteiger partial charge in [0.25, 0.3) is 0 Å². The molecule has 2 fully saturated rings. The Bertz CT molecular complexity index is 753. The normalized spacial score (nSPS) is 34.4. The highest BCUT2D eigenvalue weighted by Gasteiger charge is 2.51. The average molecular weight is 320 g/mol. The summed E-state index contributed by atoms with van der Waals surface area (Å²) in [4.78, 5) is 12.6. The summed E-state index contributed by atoms with van der Waals surface area (Å²) in [5.74, 6) is 2.68. The largest absolute Gasteiger partial charge is 0.489 e. The molecular weight excluding hydrogens is 296 g/mol. The van der Waals surface area contributed by atoms with Crippen molar-refractivity contribution in [2.24, 2.45) is 17.8 Å². The van der Waals surface area contributed by atoms with Crippen LogP contribution in [-0.2, 0) is 9.53 Å². The van der Waals surface area contributed by atoms with Gasteiger partial charge < -0.3 is 4.74 Å². The zero-order valence-electron chi connectivity index (χ0n) is 14.3. The van der Waals surface area contributed by atoms with Crippen LogP contribution >= 0.6 is 0 Å². The fraction of sp³-hybridized carbons (Fsp3) is 0.500. The van der Waals surface area contributed by atoms with E-state index in [4.69, 9.17) is 4.74 Å². The van der Waals surface area contributed by atoms with Crippen LogP contribution in [0.3, 0.4) is 0 Å². The summed E-state index contributed by atoms with van der Waals surface area (Å²) >= 11 is 0. The lowest BCUT2D eigenvalue weighted by Gasteiger charge is -2.43. The molecule has 2 saturated carbocycles. The number of ketones is 1. The van der Waals surface area contributed by atoms with Crippen molar-refractivity contribution in [2.75, 3.05) is 0 Å². The number of hydrogen-bond donors (Lipinski definition) is 0. The summed E-state index contributed by atoms with van der Waals surface area (Å²) in [6.07, 6.45) is 9.03. The molecule has 1 aliphatic heterocycles. The molecule has 0 amide bonds. The predicted molar refractivity (Wildman–Crippen MR) is 94.2 cm³/mol. The van der Waals surface area contributed by atoms with Gasteiger partial charge >= 0.3 is 0 Å². The Morgan fingerprint density at radius 3 is 2.71 bits per heavy atom. The maximum Gasteiger partial charge on any atom is 0.140 e. The number of carbonyl (C=O) groups is 1. The van der Waals surface area contributed by atoms with Gasteiger partial charge in [-0.15, -0.1) is 0 Å². The van der Waals surface area contributed by atoms with Gasteiger partial charge in [0.1, 0.15) is 17.6 Å². The second-order valence-corrected chi connectivity index (χ2v) is 7.94. The van der Waals surface area contributed by atoms with E-state index in [-0.39, 0.29) is 12.0 Å². The van der Waals surface area contributed by atoms with Gasteiger partial charge in [0.15, 0.2) is 0 Å². The highest BCUT2D eigenvalue weighted by atomic mass is 16.5. The van der Waals surface area contributed by atoms with Crippen molar-refractivity contribution in [2.45, 2.75) is 51.6 Å². The lowest BCUT2D eigenvalue weighted by atomic mass is 9.59. The first kappa shape index (κ1) is 14.5. The summed E-state index contributed by atoms with van der Waals surface area (Å²) < 4.78 is 6.47. The van der Waals surface area contributed by atoms with Gasteiger partial charge in [0.2, 0.25) is 0 Å². The van der Waals surface area contributed by atoms with Gasteiger partial charge in [-0.1, -0.05) is 41.5 Å². The smallest absolute Gasteiger partial charge is 0.140 e. The first-order chi connectivity index (χ1) is 11.7. The third-order valence-corrected chi connectivity index (χ3v) is 6.50. The second kappa shape index (κ2) is 5.34. The molecule has 3 aliphatic carbocycles. The van der Waals surface area contributed by atoms with E-state index >= 15 is 0 Å². The third-order valence-electron chi connectivity index (χ3n) is 6.50. The summed E-state index contributed by atoms with van der Waals surface area (Å²) in [6.45, 7) is 2.12. The van der Waals surface area contributed by atoms with Crippen LogP contribution < -0.4 is 0 Å². The first-order valence-corrected chi connectivity index (χ1v) is 9.43. The van der Waals surface area contributed by atoms with Crippen LogP contribution in [0.2, 0.25) is 0 Å². The molecule has 1 aromatic rings. The van der Waals surface area contributed by atoms with Crippen LogP contribution in [-0.4, -0.2) is 11.9 Å². The Morgan fingerprint density at radius 2 is 1.88 bits per heavy atom. The topological polar surface area (TPSA) is 26.3 Å². The number of aryl methyl sites for hydroxylation is 1. The number of ether oxygens (including phenoxy) is 1. The van der Waals surface area contributed by atoms with Crippen molar-refractivity contribution in [3.63, 3.8) is 0 Å². The molecule has 1 heterocycles. The molecule has 0 bridgehead atoms. The maximum absolute atomic E-state index is 12.6. The summed E-state index contributed by atoms with van der Waals surface area (Å²) in [5.41, 5.74) is 5.24. The highest BCUT2D eigenvalue weighted by Crippen LogP contribution is 2.55. The van der Waals surface area contributed by atoms with E-state index in [0.717, 1.165) is 31.4 Å². The lowest BCUT2D eigenvalue weighted by Crippen LogP contribution is -2.42. The maximum atomic E-state index is 12.6. The molecule has 0 spiro atoms. The Labute approximate surface area is 143 Å². The SMILES string of the molecule is Cc1ccc(C2=C3C=C4CCCC(=O)[C@@H]4[C@H]4CCC[C@@H](O2)[C@@H]34)cc1. The molecule has 2 nitrogen and oxygen atoms in total. The zero-order valence-corrected chi connectivity index (χ0v) is 14.3. The molecule has 0 saturated heterocycles. The molecule has 4 atom stereocenters. The Hall–Kier alpha value is -1.83. The van der Waals surface area contributed by atoms with Gasteiger partial charge in [-0.3, -0.25) is 4.79 Å². The standard InChI is InChI=1S/C22H24O2/c1-13-8-10-14(11-9-13)22-17-12-15-4-2-6-18(23)20(15)16-5-3-7-19(24-22)21(16)17/h8-12,16,19-21H,2-7H2,1H3/t16-,19-,20+,21-/m1/s1. The molecule has 0 radical (unpaired) electrons. The third kappa shape index (κ3) is 2.05. The quantitative estimate of drug-likeness (QED) is 0.741. The fourth-order valence-electron chi connectivity index (χ4n) is 5.46. The van der Waals surface area contributed by atoms with Crippen LogP contribution in [0.15, 0.2) is 41.5 Å². The summed E-state index contributed by atoms with van der Waals surface area (Å²) in [5, 5.41) is 0. The molecule has 24 heavy (non-hydrogen) atoms. The minimum Gasteiger partial charge on any atom is -0.489 e. The number of rotatable bonds is 1. The van der Waals surface area contributed by atoms with Crippen LogP contribution in [0.1, 0.15) is 49.7 Å². The monoisotopic (exact) mass is 320 g/mol. The van der Waals surface area contributed by atoms with Crippen molar-refractivity contribution in [3.8, 4) is 0 Å². The van der Waals surface area contributed by atoms with E-state index in [1.54, 1.807) is 0 Å². The van der Waals surface area contributed by atoms with Crippen LogP contribution in [0.5, 0.6) is 0 Å². The van der Waals surface area contributed by atoms with Crippen molar-refractivity contribution in [1.29, 1.82) is 0 Å². The highest BCUT2D eigenvalue weighted by molar-refractivity contribution is 5.86. The van der Waals surface area contributed by atoms with Gasteiger partial charge in [-0.25, -0.2) is 0 Å². The van der Waals surface area contributed by atoms with E-state index in [1.165, 1.54) is 35.1 Å². The van der Waals surface area contributed by atoms with Crippen LogP contribution in [0, 0.1) is 24.7 Å². The lowest BCUT2D eigenvalue weighted by molar-refractivity contribution is -0.126. The van der Waals surface area contributed by atoms with Crippen molar-refractivity contribution >= 4 is 11.5 Å². The Kier molecular flexibility index (Phi) is 3.23. The van der Waals surface area contributed by atoms with E-state index < -0.39 is 0 Å². The first-order valence-electron chi connectivity index (χ1n) is 9.43. The minimum absolute atomic E-state index is 0.191. The molecule has 124 valence electrons. The second-order valence-electron chi connectivity index (χ2n) is 7.94. The molecule has 2 heteroatoms. The Balaban J connectivity index is 1.65. The molecule has 5 rings (SSSR count). The van der Waals surface area contributed by atoms with E-state index in [9.17, 15) is 4.79 Å². The van der Waals surface area contributed by atoms with Crippen molar-refractivity contribution in [1.82, 2.24) is 0 Å². The number of carbonyl (C=O) groups excluding carboxylic acids is 1. The van der Waals surface area contributed by atoms with E-state index in [0.29, 0.717) is 17.6 Å². The van der Waals surface area contributed by atoms with Gasteiger partial charge in [0.05, 0.1) is 0 Å². The van der Waals surface area contributed by atoms with Gasteiger partial charge in [-0.05, 0) is 44.9 Å². The number of fused-ring (bicyclic) bond motifs is 2. The average Bonchev–Trinajstić information content (AvgIpc) is 2.96. The number of allylic oxidation sites excluding steroid dienone is 2. The number of benzene rings is 1. The van der Waals surface area contributed by atoms with Crippen LogP contribution in [0.25, 0.3) is 5.76 Å². The summed E-state index contributed by atoms with van der Waals surface area (Å²) in [7, 11) is 0. The minimum atomic E-state index is 0.191. The Morgan fingerprint density at radius 1 is 1.04 bits per heavy atom. The molecule has 4 aliphatic rings. The molecular formula is C22H24O2. The van der Waals surface area contributed by atoms with Crippen molar-refractivity contribution < 1.29 is 9.53 Å². The predicted octanol–water partition coefficient (Wildman–Crippen LogP) is 4.83. The van der Waals surface area contributed by atoms with E-state index in [2.05, 4.69) is 37.3 Å². The van der Waals surface area contributed by atoms with E-state index in [1.807, 2.05) is 0 Å². The molecule has 0 unspecified atom stereocenters. The molecule has 0 N–H and O–H groups in total. The zero-order chi connectivity index (χ0) is 16.3. The molecule has 0 aromatic heterocycles.